The lowest BCUT2D eigenvalue weighted by Gasteiger charge is -2.26. The number of anilines is 1. The molecule has 10 heteroatoms. The highest BCUT2D eigenvalue weighted by molar-refractivity contribution is 5.64. The molecular weight excluding hydrogens is 504 g/mol. The van der Waals surface area contributed by atoms with Crippen molar-refractivity contribution in [1.29, 1.82) is 0 Å². The zero-order chi connectivity index (χ0) is 27.3. The molecule has 6 rings (SSSR count). The number of ether oxygens (including phenoxy) is 1. The molecular formula is C30H30N8O2. The third-order valence-electron chi connectivity index (χ3n) is 6.93. The van der Waals surface area contributed by atoms with Crippen molar-refractivity contribution in [3.63, 3.8) is 0 Å². The van der Waals surface area contributed by atoms with E-state index in [1.54, 1.807) is 6.07 Å². The maximum absolute atomic E-state index is 12.6. The largest absolute Gasteiger partial charge is 0.399 e. The number of rotatable bonds is 8. The van der Waals surface area contributed by atoms with Crippen molar-refractivity contribution in [3.8, 4) is 33.8 Å². The van der Waals surface area contributed by atoms with Gasteiger partial charge in [0.15, 0.2) is 5.82 Å². The molecule has 0 amide bonds. The summed E-state index contributed by atoms with van der Waals surface area (Å²) in [5.41, 5.74) is 11.6. The van der Waals surface area contributed by atoms with Gasteiger partial charge in [0.1, 0.15) is 0 Å². The summed E-state index contributed by atoms with van der Waals surface area (Å²) in [5, 5.41) is 9.08. The van der Waals surface area contributed by atoms with Gasteiger partial charge >= 0.3 is 0 Å². The minimum Gasteiger partial charge on any atom is -0.399 e. The maximum atomic E-state index is 12.6. The number of hydrogen-bond donors (Lipinski definition) is 1. The van der Waals surface area contributed by atoms with Gasteiger partial charge in [-0.25, -0.2) is 14.6 Å². The lowest BCUT2D eigenvalue weighted by Crippen LogP contribution is -2.38. The van der Waals surface area contributed by atoms with E-state index in [1.807, 2.05) is 78.0 Å². The molecule has 1 saturated heterocycles. The van der Waals surface area contributed by atoms with Crippen molar-refractivity contribution in [1.82, 2.24) is 34.4 Å². The molecule has 2 aromatic carbocycles. The van der Waals surface area contributed by atoms with Gasteiger partial charge in [-0.1, -0.05) is 30.3 Å². The molecule has 4 heterocycles. The summed E-state index contributed by atoms with van der Waals surface area (Å²) in [7, 11) is 0. The Kier molecular flexibility index (Phi) is 7.43. The molecule has 0 spiro atoms. The highest BCUT2D eigenvalue weighted by Crippen LogP contribution is 2.22. The van der Waals surface area contributed by atoms with Gasteiger partial charge in [-0.2, -0.15) is 10.2 Å². The van der Waals surface area contributed by atoms with Crippen molar-refractivity contribution in [2.45, 2.75) is 13.1 Å². The van der Waals surface area contributed by atoms with Crippen molar-refractivity contribution in [2.24, 2.45) is 0 Å². The van der Waals surface area contributed by atoms with Crippen molar-refractivity contribution >= 4 is 5.69 Å². The SMILES string of the molecule is Nc1cccc(-c2ccc(=O)n(Cc3cccc(-c4ncc(-c5cnn(CCN6CCOCC6)c5)cn4)c3)n2)c1. The topological polar surface area (TPSA) is 117 Å². The Morgan fingerprint density at radius 1 is 0.825 bits per heavy atom. The van der Waals surface area contributed by atoms with E-state index in [1.165, 1.54) is 10.7 Å². The molecule has 3 aromatic heterocycles. The number of hydrogen-bond acceptors (Lipinski definition) is 8. The van der Waals surface area contributed by atoms with Crippen LogP contribution < -0.4 is 11.3 Å². The molecule has 202 valence electrons. The van der Waals surface area contributed by atoms with E-state index in [0.717, 1.165) is 67.2 Å². The molecule has 2 N–H and O–H groups in total. The lowest BCUT2D eigenvalue weighted by atomic mass is 10.1. The molecule has 5 aromatic rings. The van der Waals surface area contributed by atoms with Gasteiger partial charge in [0.05, 0.1) is 38.2 Å². The van der Waals surface area contributed by atoms with Crippen LogP contribution in [0.15, 0.2) is 90.2 Å². The Hall–Kier alpha value is -4.67. The Balaban J connectivity index is 1.15. The summed E-state index contributed by atoms with van der Waals surface area (Å²) in [6.45, 7) is 5.62. The van der Waals surface area contributed by atoms with E-state index in [0.29, 0.717) is 23.8 Å². The Labute approximate surface area is 231 Å². The van der Waals surface area contributed by atoms with Crippen LogP contribution in [0.4, 0.5) is 5.69 Å². The quantitative estimate of drug-likeness (QED) is 0.302. The first-order chi connectivity index (χ1) is 19.6. The van der Waals surface area contributed by atoms with Crippen LogP contribution in [0.5, 0.6) is 0 Å². The number of nitrogens with zero attached hydrogens (tertiary/aromatic N) is 7. The average Bonchev–Trinajstić information content (AvgIpc) is 3.47. The first-order valence-corrected chi connectivity index (χ1v) is 13.3. The van der Waals surface area contributed by atoms with Crippen molar-refractivity contribution in [3.05, 3.63) is 101 Å². The van der Waals surface area contributed by atoms with Crippen molar-refractivity contribution < 1.29 is 4.74 Å². The molecule has 0 atom stereocenters. The molecule has 10 nitrogen and oxygen atoms in total. The fourth-order valence-corrected chi connectivity index (χ4v) is 4.73. The summed E-state index contributed by atoms with van der Waals surface area (Å²) in [5.74, 6) is 0.610. The fourth-order valence-electron chi connectivity index (χ4n) is 4.73. The minimum atomic E-state index is -0.177. The second-order valence-electron chi connectivity index (χ2n) is 9.78. The number of aromatic nitrogens is 6. The zero-order valence-electron chi connectivity index (χ0n) is 22.1. The Bertz CT molecular complexity index is 1660. The first-order valence-electron chi connectivity index (χ1n) is 13.3. The smallest absolute Gasteiger partial charge is 0.267 e. The molecule has 0 bridgehead atoms. The standard InChI is InChI=1S/C30H30N8O2/c31-27-6-2-4-23(16-27)28-7-8-29(39)38(35-28)20-22-3-1-5-24(15-22)30-32-17-25(18-33-30)26-19-34-37(21-26)10-9-36-11-13-40-14-12-36/h1-8,15-19,21H,9-14,20,31H2. The molecule has 0 unspecified atom stereocenters. The van der Waals surface area contributed by atoms with Crippen LogP contribution in [0.25, 0.3) is 33.8 Å². The second-order valence-corrected chi connectivity index (χ2v) is 9.78. The van der Waals surface area contributed by atoms with E-state index in [4.69, 9.17) is 10.5 Å². The summed E-state index contributed by atoms with van der Waals surface area (Å²) >= 11 is 0. The Morgan fingerprint density at radius 3 is 2.45 bits per heavy atom. The number of nitrogens with two attached hydrogens (primary N) is 1. The van der Waals surface area contributed by atoms with Crippen LogP contribution in [0.2, 0.25) is 0 Å². The van der Waals surface area contributed by atoms with E-state index in [9.17, 15) is 4.79 Å². The normalized spacial score (nSPS) is 13.9. The lowest BCUT2D eigenvalue weighted by molar-refractivity contribution is 0.0360. The molecule has 1 aliphatic rings. The number of benzene rings is 2. The Morgan fingerprint density at radius 2 is 1.62 bits per heavy atom. The fraction of sp³-hybridized carbons (Fsp3) is 0.233. The van der Waals surface area contributed by atoms with E-state index >= 15 is 0 Å². The average molecular weight is 535 g/mol. The van der Waals surface area contributed by atoms with Gasteiger partial charge in [0, 0.05) is 72.2 Å². The molecule has 0 aliphatic carbocycles. The maximum Gasteiger partial charge on any atom is 0.267 e. The van der Waals surface area contributed by atoms with Crippen LogP contribution in [0.3, 0.4) is 0 Å². The van der Waals surface area contributed by atoms with Crippen LogP contribution in [-0.4, -0.2) is 67.3 Å². The second kappa shape index (κ2) is 11.6. The summed E-state index contributed by atoms with van der Waals surface area (Å²) in [4.78, 5) is 24.2. The van der Waals surface area contributed by atoms with Crippen LogP contribution in [-0.2, 0) is 17.8 Å². The van der Waals surface area contributed by atoms with Crippen molar-refractivity contribution in [2.75, 3.05) is 38.6 Å². The zero-order valence-corrected chi connectivity index (χ0v) is 22.1. The number of morpholine rings is 1. The molecule has 40 heavy (non-hydrogen) atoms. The molecule has 0 saturated carbocycles. The van der Waals surface area contributed by atoms with Gasteiger partial charge in [0.2, 0.25) is 0 Å². The van der Waals surface area contributed by atoms with Crippen LogP contribution in [0.1, 0.15) is 5.56 Å². The molecule has 1 fully saturated rings. The van der Waals surface area contributed by atoms with Gasteiger partial charge in [-0.3, -0.25) is 14.4 Å². The predicted octanol–water partition coefficient (Wildman–Crippen LogP) is 3.19. The van der Waals surface area contributed by atoms with Gasteiger partial charge in [-0.05, 0) is 29.8 Å². The van der Waals surface area contributed by atoms with Crippen LogP contribution in [0, 0.1) is 0 Å². The van der Waals surface area contributed by atoms with E-state index in [2.05, 4.69) is 25.1 Å². The monoisotopic (exact) mass is 534 g/mol. The van der Waals surface area contributed by atoms with E-state index < -0.39 is 0 Å². The molecule has 1 aliphatic heterocycles. The minimum absolute atomic E-state index is 0.177. The third-order valence-corrected chi connectivity index (χ3v) is 6.93. The van der Waals surface area contributed by atoms with Gasteiger partial charge in [0.25, 0.3) is 5.56 Å². The highest BCUT2D eigenvalue weighted by atomic mass is 16.5. The number of nitrogen functional groups attached to an aromatic ring is 1. The van der Waals surface area contributed by atoms with Crippen LogP contribution >= 0.6 is 0 Å². The summed E-state index contributed by atoms with van der Waals surface area (Å²) in [6.07, 6.45) is 7.52. The summed E-state index contributed by atoms with van der Waals surface area (Å²) < 4.78 is 8.83. The van der Waals surface area contributed by atoms with E-state index in [-0.39, 0.29) is 5.56 Å². The summed E-state index contributed by atoms with van der Waals surface area (Å²) in [6, 6.07) is 18.5. The van der Waals surface area contributed by atoms with Gasteiger partial charge < -0.3 is 10.5 Å². The predicted molar refractivity (Wildman–Crippen MR) is 153 cm³/mol. The first kappa shape index (κ1) is 25.6. The third kappa shape index (κ3) is 5.98. The highest BCUT2D eigenvalue weighted by Gasteiger charge is 2.12. The molecule has 0 radical (unpaired) electrons. The van der Waals surface area contributed by atoms with Gasteiger partial charge in [-0.15, -0.1) is 0 Å².